The van der Waals surface area contributed by atoms with Crippen LogP contribution in [-0.4, -0.2) is 21.9 Å². The Morgan fingerprint density at radius 2 is 1.33 bits per heavy atom. The van der Waals surface area contributed by atoms with Crippen LogP contribution in [0.2, 0.25) is 0 Å². The molecule has 1 N–H and O–H groups in total. The first-order valence-corrected chi connectivity index (χ1v) is 1.55. The van der Waals surface area contributed by atoms with Crippen LogP contribution in [-0.2, 0) is 36.5 Å². The molecule has 0 aromatic rings. The van der Waals surface area contributed by atoms with E-state index in [0.29, 0.717) is 0 Å². The van der Waals surface area contributed by atoms with E-state index in [-0.39, 0.29) is 34.4 Å². The Morgan fingerprint density at radius 1 is 1.33 bits per heavy atom. The Balaban J connectivity index is -0.0000000450. The van der Waals surface area contributed by atoms with Crippen molar-refractivity contribution in [3.8, 4) is 0 Å². The van der Waals surface area contributed by atoms with Crippen molar-refractivity contribution in [1.82, 2.24) is 0 Å². The van der Waals surface area contributed by atoms with Crippen molar-refractivity contribution >= 4 is 28.3 Å². The molecular weight excluding hydrogens is 163 g/mol. The fourth-order valence-corrected chi connectivity index (χ4v) is 0. The maximum Gasteiger partial charge on any atom is 0 e. The molecule has 0 aliphatic carbocycles. The summed E-state index contributed by atoms with van der Waals surface area (Å²) in [5.74, 6) is 0. The third-order valence-corrected chi connectivity index (χ3v) is 0. The molecule has 0 saturated heterocycles. The van der Waals surface area contributed by atoms with Gasteiger partial charge in [0.05, 0.1) is 0 Å². The predicted octanol–water partition coefficient (Wildman–Crippen LogP) is -1.15. The summed E-state index contributed by atoms with van der Waals surface area (Å²) in [6.07, 6.45) is 0. The average Bonchev–Trinajstić information content (AvgIpc) is 0.811. The van der Waals surface area contributed by atoms with Gasteiger partial charge in [-0.15, -0.1) is 0 Å². The summed E-state index contributed by atoms with van der Waals surface area (Å²) in [5.41, 5.74) is 0. The van der Waals surface area contributed by atoms with E-state index in [4.69, 9.17) is 13.0 Å². The van der Waals surface area contributed by atoms with Crippen molar-refractivity contribution in [2.75, 3.05) is 0 Å². The van der Waals surface area contributed by atoms with Gasteiger partial charge in [0.25, 0.3) is 0 Å². The summed E-state index contributed by atoms with van der Waals surface area (Å²) in [5, 5.41) is 0. The van der Waals surface area contributed by atoms with Crippen LogP contribution in [0.15, 0.2) is 0 Å². The molecule has 0 spiro atoms. The van der Waals surface area contributed by atoms with Gasteiger partial charge < -0.3 is 13.0 Å². The van der Waals surface area contributed by atoms with Crippen molar-refractivity contribution in [3.05, 3.63) is 0 Å². The van der Waals surface area contributed by atoms with Crippen LogP contribution >= 0.6 is 0 Å². The molecule has 38 valence electrons. The van der Waals surface area contributed by atoms with Crippen LogP contribution in [0.3, 0.4) is 0 Å². The zero-order valence-electron chi connectivity index (χ0n) is 3.03. The van der Waals surface area contributed by atoms with E-state index in [9.17, 15) is 0 Å². The minimum atomic E-state index is -2.86. The molecular formula is H3AlFeO3S. The summed E-state index contributed by atoms with van der Waals surface area (Å²) in [6.45, 7) is 0. The van der Waals surface area contributed by atoms with E-state index < -0.39 is 11.0 Å². The third-order valence-electron chi connectivity index (χ3n) is 0. The summed E-state index contributed by atoms with van der Waals surface area (Å²) in [6, 6.07) is 0. The summed E-state index contributed by atoms with van der Waals surface area (Å²) >= 11 is 0. The van der Waals surface area contributed by atoms with E-state index in [2.05, 4.69) is 0 Å². The normalized spacial score (nSPS) is 5.67. The molecule has 0 saturated carbocycles. The average molecular weight is 166 g/mol. The molecule has 0 aromatic heterocycles. The molecule has 0 atom stereocenters. The van der Waals surface area contributed by atoms with Crippen LogP contribution in [0.4, 0.5) is 0 Å². The molecule has 0 heterocycles. The minimum Gasteiger partial charge on any atom is 0 e. The number of hydrogen-bond donors (Lipinski definition) is 1. The molecule has 0 rings (SSSR count). The van der Waals surface area contributed by atoms with Crippen LogP contribution in [0.25, 0.3) is 0 Å². The van der Waals surface area contributed by atoms with Crippen molar-refractivity contribution in [1.29, 1.82) is 0 Å². The van der Waals surface area contributed by atoms with Gasteiger partial charge in [0.15, 0.2) is 0 Å². The van der Waals surface area contributed by atoms with Gasteiger partial charge in [0.1, 0.15) is 0 Å². The van der Waals surface area contributed by atoms with Gasteiger partial charge in [-0.2, -0.15) is 0 Å². The van der Waals surface area contributed by atoms with Gasteiger partial charge >= 0.3 is 17.4 Å². The van der Waals surface area contributed by atoms with E-state index >= 15 is 0 Å². The van der Waals surface area contributed by atoms with Crippen molar-refractivity contribution in [3.63, 3.8) is 0 Å². The predicted molar refractivity (Wildman–Crippen MR) is 19.9 cm³/mol. The van der Waals surface area contributed by atoms with Crippen molar-refractivity contribution in [2.24, 2.45) is 0 Å². The monoisotopic (exact) mass is 166 g/mol. The first-order valence-electron chi connectivity index (χ1n) is 0.516. The Hall–Kier alpha value is 0.962. The number of rotatable bonds is 0. The molecule has 6 heteroatoms. The van der Waals surface area contributed by atoms with E-state index in [1.807, 2.05) is 0 Å². The fraction of sp³-hybridized carbons (Fsp3) is 0. The van der Waals surface area contributed by atoms with Gasteiger partial charge in [-0.05, 0) is 0 Å². The Bertz CT molecular complexity index is 59.2. The fourth-order valence-electron chi connectivity index (χ4n) is 0. The molecule has 0 aliphatic heterocycles. The second-order valence-corrected chi connectivity index (χ2v) is 0.651. The largest absolute Gasteiger partial charge is 0 e. The molecule has 0 amide bonds. The second kappa shape index (κ2) is 9.35. The zero-order valence-corrected chi connectivity index (χ0v) is 6.95. The minimum absolute atomic E-state index is 0. The molecule has 0 bridgehead atoms. The van der Waals surface area contributed by atoms with Crippen LogP contribution in [0, 0.1) is 0 Å². The first-order chi connectivity index (χ1) is 1.73. The summed E-state index contributed by atoms with van der Waals surface area (Å²) in [7, 11) is -2.86. The van der Waals surface area contributed by atoms with Crippen LogP contribution in [0.1, 0.15) is 0 Å². The molecule has 0 fully saturated rings. The topological polar surface area (TPSA) is 54.4 Å². The quantitative estimate of drug-likeness (QED) is 0.214. The van der Waals surface area contributed by atoms with E-state index in [1.165, 1.54) is 0 Å². The SMILES string of the molecule is O=[S-](=O)O.[AlH2+].[Fe]. The summed E-state index contributed by atoms with van der Waals surface area (Å²) in [4.78, 5) is 0. The summed E-state index contributed by atoms with van der Waals surface area (Å²) < 4.78 is 24.1. The standard InChI is InChI=1S/Al.Fe.HO3S.2H/c;;1-4(2)3;;/h;;(H,1,2,3);;/q+1;;-1;;. The van der Waals surface area contributed by atoms with E-state index in [1.54, 1.807) is 0 Å². The molecule has 0 aliphatic rings. The first kappa shape index (κ1) is 15.8. The van der Waals surface area contributed by atoms with E-state index in [0.717, 1.165) is 0 Å². The molecule has 6 heavy (non-hydrogen) atoms. The van der Waals surface area contributed by atoms with Gasteiger partial charge in [-0.25, -0.2) is 0 Å². The van der Waals surface area contributed by atoms with Gasteiger partial charge in [0.2, 0.25) is 0 Å². The van der Waals surface area contributed by atoms with Gasteiger partial charge in [0, 0.05) is 28.1 Å². The molecule has 3 nitrogen and oxygen atoms in total. The molecule has 0 aromatic carbocycles. The Morgan fingerprint density at radius 3 is 1.33 bits per heavy atom. The van der Waals surface area contributed by atoms with Gasteiger partial charge in [-0.1, -0.05) is 0 Å². The maximum absolute atomic E-state index is 8.56. The Kier molecular flexibility index (Phi) is 24.6. The smallest absolute Gasteiger partial charge is 0 e. The number of hydrogen-bond acceptors (Lipinski definition) is 3. The van der Waals surface area contributed by atoms with Gasteiger partial charge in [-0.3, -0.25) is 0 Å². The third kappa shape index (κ3) is 84.2. The van der Waals surface area contributed by atoms with Crippen LogP contribution < -0.4 is 0 Å². The molecule has 0 radical (unpaired) electrons. The Labute approximate surface area is 58.5 Å². The maximum atomic E-state index is 8.56. The second-order valence-electron chi connectivity index (χ2n) is 0.217. The molecule has 0 unspecified atom stereocenters. The van der Waals surface area contributed by atoms with Crippen molar-refractivity contribution < 1.29 is 30.0 Å². The van der Waals surface area contributed by atoms with Crippen molar-refractivity contribution in [2.45, 2.75) is 0 Å². The van der Waals surface area contributed by atoms with Crippen LogP contribution in [0.5, 0.6) is 0 Å². The zero-order chi connectivity index (χ0) is 3.58.